The number of nitrogens with one attached hydrogen (secondary N) is 2. The van der Waals surface area contributed by atoms with E-state index in [1.165, 1.54) is 6.92 Å². The molecule has 2 heterocycles. The minimum atomic E-state index is -1.39. The maximum Gasteiger partial charge on any atom is 0.305 e. The third-order valence-corrected chi connectivity index (χ3v) is 4.67. The van der Waals surface area contributed by atoms with Crippen molar-refractivity contribution in [3.8, 4) is 0 Å². The monoisotopic (exact) mass is 444 g/mol. The third-order valence-electron chi connectivity index (χ3n) is 4.67. The van der Waals surface area contributed by atoms with Gasteiger partial charge in [-0.05, 0) is 19.4 Å². The van der Waals surface area contributed by atoms with Crippen molar-refractivity contribution in [3.05, 3.63) is 0 Å². The van der Waals surface area contributed by atoms with Crippen molar-refractivity contribution in [1.29, 1.82) is 0 Å². The lowest BCUT2D eigenvalue weighted by atomic mass is 9.95. The summed E-state index contributed by atoms with van der Waals surface area (Å²) in [6, 6.07) is -1.66. The SMILES string of the molecule is CC(=O)OCC1OC(OC(C)=O)C(NC(=O)[C@@H]2CCCN2)C(OC(C)=O)C1OC(C)=O. The van der Waals surface area contributed by atoms with E-state index in [0.717, 1.165) is 27.2 Å². The number of hydrogen-bond acceptors (Lipinski definition) is 11. The van der Waals surface area contributed by atoms with E-state index in [1.807, 2.05) is 0 Å². The van der Waals surface area contributed by atoms with Crippen LogP contribution in [0.3, 0.4) is 0 Å². The van der Waals surface area contributed by atoms with Crippen LogP contribution in [0.1, 0.15) is 40.5 Å². The number of amides is 1. The highest BCUT2D eigenvalue weighted by Gasteiger charge is 2.52. The van der Waals surface area contributed by atoms with Gasteiger partial charge in [0, 0.05) is 27.7 Å². The first kappa shape index (κ1) is 24.5. The molecule has 0 spiro atoms. The topological polar surface area (TPSA) is 156 Å². The van der Waals surface area contributed by atoms with Gasteiger partial charge >= 0.3 is 23.9 Å². The fourth-order valence-electron chi connectivity index (χ4n) is 3.49. The molecule has 0 aromatic carbocycles. The molecule has 2 fully saturated rings. The smallest absolute Gasteiger partial charge is 0.305 e. The van der Waals surface area contributed by atoms with Crippen molar-refractivity contribution in [2.45, 2.75) is 77.2 Å². The van der Waals surface area contributed by atoms with E-state index in [2.05, 4.69) is 10.6 Å². The Morgan fingerprint density at radius 3 is 2.03 bits per heavy atom. The van der Waals surface area contributed by atoms with Gasteiger partial charge in [-0.3, -0.25) is 24.0 Å². The summed E-state index contributed by atoms with van der Waals surface area (Å²) in [5.74, 6) is -3.20. The van der Waals surface area contributed by atoms with E-state index in [0.29, 0.717) is 13.0 Å². The van der Waals surface area contributed by atoms with E-state index in [1.54, 1.807) is 0 Å². The Bertz CT molecular complexity index is 706. The van der Waals surface area contributed by atoms with Gasteiger partial charge in [-0.15, -0.1) is 0 Å². The van der Waals surface area contributed by atoms with Crippen LogP contribution in [0.15, 0.2) is 0 Å². The van der Waals surface area contributed by atoms with Crippen LogP contribution >= 0.6 is 0 Å². The Labute approximate surface area is 179 Å². The van der Waals surface area contributed by atoms with E-state index in [9.17, 15) is 24.0 Å². The first-order chi connectivity index (χ1) is 14.6. The van der Waals surface area contributed by atoms with E-state index < -0.39 is 66.5 Å². The molecule has 12 heteroatoms. The second-order valence-electron chi connectivity index (χ2n) is 7.29. The maximum absolute atomic E-state index is 12.7. The summed E-state index contributed by atoms with van der Waals surface area (Å²) >= 11 is 0. The van der Waals surface area contributed by atoms with Crippen LogP contribution in [-0.4, -0.2) is 79.6 Å². The second kappa shape index (κ2) is 11.0. The molecule has 2 rings (SSSR count). The number of esters is 4. The first-order valence-electron chi connectivity index (χ1n) is 9.92. The van der Waals surface area contributed by atoms with Gasteiger partial charge in [-0.1, -0.05) is 0 Å². The zero-order valence-corrected chi connectivity index (χ0v) is 17.9. The largest absolute Gasteiger partial charge is 0.463 e. The molecule has 0 saturated carbocycles. The molecule has 2 saturated heterocycles. The molecule has 0 bridgehead atoms. The van der Waals surface area contributed by atoms with Gasteiger partial charge in [0.2, 0.25) is 12.2 Å². The summed E-state index contributed by atoms with van der Waals surface area (Å²) in [6.45, 7) is 4.89. The Balaban J connectivity index is 2.37. The van der Waals surface area contributed by atoms with E-state index in [4.69, 9.17) is 23.7 Å². The van der Waals surface area contributed by atoms with Gasteiger partial charge in [0.1, 0.15) is 18.8 Å². The molecule has 6 atom stereocenters. The van der Waals surface area contributed by atoms with Gasteiger partial charge in [-0.25, -0.2) is 0 Å². The van der Waals surface area contributed by atoms with Gasteiger partial charge in [0.25, 0.3) is 0 Å². The highest BCUT2D eigenvalue weighted by atomic mass is 16.7. The second-order valence-corrected chi connectivity index (χ2v) is 7.29. The Hall–Kier alpha value is -2.73. The molecular weight excluding hydrogens is 416 g/mol. The lowest BCUT2D eigenvalue weighted by molar-refractivity contribution is -0.271. The fourth-order valence-corrected chi connectivity index (χ4v) is 3.49. The molecule has 31 heavy (non-hydrogen) atoms. The van der Waals surface area contributed by atoms with E-state index in [-0.39, 0.29) is 6.61 Å². The Morgan fingerprint density at radius 2 is 1.52 bits per heavy atom. The number of carbonyl (C=O) groups is 5. The Kier molecular flexibility index (Phi) is 8.75. The molecular formula is C19H28N2O10. The fraction of sp³-hybridized carbons (Fsp3) is 0.737. The van der Waals surface area contributed by atoms with Gasteiger partial charge in [0.15, 0.2) is 12.2 Å². The minimum Gasteiger partial charge on any atom is -0.463 e. The number of rotatable bonds is 7. The molecule has 174 valence electrons. The molecule has 5 unspecified atom stereocenters. The van der Waals surface area contributed by atoms with Crippen molar-refractivity contribution < 1.29 is 47.7 Å². The van der Waals surface area contributed by atoms with Crippen molar-refractivity contribution in [2.24, 2.45) is 0 Å². The molecule has 2 N–H and O–H groups in total. The zero-order valence-electron chi connectivity index (χ0n) is 17.9. The predicted octanol–water partition coefficient (Wildman–Crippen LogP) is -1.06. The molecule has 0 aromatic heterocycles. The van der Waals surface area contributed by atoms with Crippen LogP contribution in [-0.2, 0) is 47.7 Å². The van der Waals surface area contributed by atoms with Crippen molar-refractivity contribution in [3.63, 3.8) is 0 Å². The highest BCUT2D eigenvalue weighted by molar-refractivity contribution is 5.82. The van der Waals surface area contributed by atoms with Crippen LogP contribution in [0.2, 0.25) is 0 Å². The average Bonchev–Trinajstić information content (AvgIpc) is 3.18. The zero-order chi connectivity index (χ0) is 23.1. The summed E-state index contributed by atoms with van der Waals surface area (Å²) in [6.07, 6.45) is -3.63. The predicted molar refractivity (Wildman–Crippen MR) is 101 cm³/mol. The summed E-state index contributed by atoms with van der Waals surface area (Å²) in [5.41, 5.74) is 0. The lowest BCUT2D eigenvalue weighted by Crippen LogP contribution is -2.67. The van der Waals surface area contributed by atoms with Gasteiger partial charge in [-0.2, -0.15) is 0 Å². The third kappa shape index (κ3) is 7.17. The number of hydrogen-bond donors (Lipinski definition) is 2. The number of carbonyl (C=O) groups excluding carboxylic acids is 5. The normalized spacial score (nSPS) is 30.1. The van der Waals surface area contributed by atoms with Crippen molar-refractivity contribution in [2.75, 3.05) is 13.2 Å². The van der Waals surface area contributed by atoms with Crippen LogP contribution in [0.25, 0.3) is 0 Å². The van der Waals surface area contributed by atoms with Crippen molar-refractivity contribution in [1.82, 2.24) is 10.6 Å². The van der Waals surface area contributed by atoms with Crippen LogP contribution in [0, 0.1) is 0 Å². The Morgan fingerprint density at radius 1 is 0.903 bits per heavy atom. The molecule has 0 aromatic rings. The van der Waals surface area contributed by atoms with Gasteiger partial charge < -0.3 is 34.3 Å². The molecule has 2 aliphatic heterocycles. The van der Waals surface area contributed by atoms with E-state index >= 15 is 0 Å². The summed E-state index contributed by atoms with van der Waals surface area (Å²) < 4.78 is 26.6. The minimum absolute atomic E-state index is 0.367. The molecule has 0 aliphatic carbocycles. The summed E-state index contributed by atoms with van der Waals surface area (Å²) in [7, 11) is 0. The van der Waals surface area contributed by atoms with Crippen LogP contribution in [0.4, 0.5) is 0 Å². The average molecular weight is 444 g/mol. The summed E-state index contributed by atoms with van der Waals surface area (Å²) in [4.78, 5) is 59.2. The first-order valence-corrected chi connectivity index (χ1v) is 9.92. The highest BCUT2D eigenvalue weighted by Crippen LogP contribution is 2.28. The lowest BCUT2D eigenvalue weighted by Gasteiger charge is -2.44. The molecule has 2 aliphatic rings. The molecule has 1 amide bonds. The van der Waals surface area contributed by atoms with Crippen LogP contribution in [0.5, 0.6) is 0 Å². The maximum atomic E-state index is 12.7. The molecule has 0 radical (unpaired) electrons. The summed E-state index contributed by atoms with van der Waals surface area (Å²) in [5, 5.41) is 5.71. The standard InChI is InChI=1S/C19H28N2O10/c1-9(22)27-8-14-16(28-10(2)23)17(29-11(3)24)15(19(31-14)30-12(4)25)21-18(26)13-6-5-7-20-13/h13-17,19-20H,5-8H2,1-4H3,(H,21,26)/t13-,14?,15?,16?,17?,19?/m0/s1. The van der Waals surface area contributed by atoms with Crippen molar-refractivity contribution >= 4 is 29.8 Å². The van der Waals surface area contributed by atoms with Gasteiger partial charge in [0.05, 0.1) is 6.04 Å². The molecule has 12 nitrogen and oxygen atoms in total. The van der Waals surface area contributed by atoms with Crippen LogP contribution < -0.4 is 10.6 Å². The quantitative estimate of drug-likeness (QED) is 0.364. The number of ether oxygens (including phenoxy) is 5.